The molecule has 0 heterocycles. The Labute approximate surface area is 146 Å². The van der Waals surface area contributed by atoms with Gasteiger partial charge in [0.1, 0.15) is 17.6 Å². The van der Waals surface area contributed by atoms with E-state index in [4.69, 9.17) is 14.7 Å². The quantitative estimate of drug-likeness (QED) is 0.622. The van der Waals surface area contributed by atoms with Crippen molar-refractivity contribution in [2.45, 2.75) is 13.3 Å². The van der Waals surface area contributed by atoms with Crippen LogP contribution < -0.4 is 14.9 Å². The molecule has 0 saturated heterocycles. The SMILES string of the molecule is CC/C(=N/NC(=O)COc1ccccc1C#N)c1ccc(OC)cc1. The van der Waals surface area contributed by atoms with Crippen molar-refractivity contribution in [3.05, 3.63) is 59.7 Å². The van der Waals surface area contributed by atoms with Crippen molar-refractivity contribution in [3.8, 4) is 17.6 Å². The molecule has 6 heteroatoms. The van der Waals surface area contributed by atoms with Crippen LogP contribution in [-0.4, -0.2) is 25.3 Å². The largest absolute Gasteiger partial charge is 0.497 e. The first-order chi connectivity index (χ1) is 12.2. The molecule has 0 spiro atoms. The summed E-state index contributed by atoms with van der Waals surface area (Å²) in [6.07, 6.45) is 0.657. The first kappa shape index (κ1) is 18.0. The summed E-state index contributed by atoms with van der Waals surface area (Å²) in [5.41, 5.74) is 4.51. The number of amides is 1. The average molecular weight is 337 g/mol. The maximum absolute atomic E-state index is 11.9. The number of rotatable bonds is 7. The number of methoxy groups -OCH3 is 1. The summed E-state index contributed by atoms with van der Waals surface area (Å²) < 4.78 is 10.5. The van der Waals surface area contributed by atoms with Crippen molar-refractivity contribution < 1.29 is 14.3 Å². The molecule has 0 atom stereocenters. The lowest BCUT2D eigenvalue weighted by atomic mass is 10.1. The Hall–Kier alpha value is -3.33. The molecule has 1 N–H and O–H groups in total. The van der Waals surface area contributed by atoms with Gasteiger partial charge in [-0.2, -0.15) is 10.4 Å². The van der Waals surface area contributed by atoms with Crippen molar-refractivity contribution in [1.82, 2.24) is 5.43 Å². The molecular weight excluding hydrogens is 318 g/mol. The number of hydrogen-bond acceptors (Lipinski definition) is 5. The highest BCUT2D eigenvalue weighted by Crippen LogP contribution is 2.16. The van der Waals surface area contributed by atoms with Gasteiger partial charge in [0.15, 0.2) is 6.61 Å². The second-order valence-corrected chi connectivity index (χ2v) is 5.07. The van der Waals surface area contributed by atoms with Crippen LogP contribution in [0.2, 0.25) is 0 Å². The summed E-state index contributed by atoms with van der Waals surface area (Å²) in [6.45, 7) is 1.73. The third-order valence-electron chi connectivity index (χ3n) is 3.44. The van der Waals surface area contributed by atoms with Gasteiger partial charge in [-0.1, -0.05) is 19.1 Å². The van der Waals surface area contributed by atoms with Gasteiger partial charge in [-0.15, -0.1) is 0 Å². The second-order valence-electron chi connectivity index (χ2n) is 5.07. The predicted molar refractivity (Wildman–Crippen MR) is 94.6 cm³/mol. The Morgan fingerprint density at radius 1 is 1.20 bits per heavy atom. The summed E-state index contributed by atoms with van der Waals surface area (Å²) in [4.78, 5) is 11.9. The Kier molecular flexibility index (Phi) is 6.55. The number of benzene rings is 2. The van der Waals surface area contributed by atoms with Crippen LogP contribution in [0.3, 0.4) is 0 Å². The topological polar surface area (TPSA) is 83.7 Å². The lowest BCUT2D eigenvalue weighted by Crippen LogP contribution is -2.26. The summed E-state index contributed by atoms with van der Waals surface area (Å²) in [5, 5.41) is 13.1. The van der Waals surface area contributed by atoms with Crippen LogP contribution in [-0.2, 0) is 4.79 Å². The van der Waals surface area contributed by atoms with Crippen molar-refractivity contribution >= 4 is 11.6 Å². The van der Waals surface area contributed by atoms with E-state index in [0.29, 0.717) is 17.7 Å². The van der Waals surface area contributed by atoms with Crippen molar-refractivity contribution in [2.75, 3.05) is 13.7 Å². The van der Waals surface area contributed by atoms with Crippen molar-refractivity contribution in [3.63, 3.8) is 0 Å². The summed E-state index contributed by atoms with van der Waals surface area (Å²) in [6, 6.07) is 16.2. The molecule has 0 fully saturated rings. The number of carbonyl (C=O) groups excluding carboxylic acids is 1. The lowest BCUT2D eigenvalue weighted by molar-refractivity contribution is -0.123. The first-order valence-corrected chi connectivity index (χ1v) is 7.79. The molecule has 0 radical (unpaired) electrons. The molecule has 0 bridgehead atoms. The number of para-hydroxylation sites is 1. The third kappa shape index (κ3) is 5.08. The fourth-order valence-electron chi connectivity index (χ4n) is 2.12. The van der Waals surface area contributed by atoms with E-state index >= 15 is 0 Å². The third-order valence-corrected chi connectivity index (χ3v) is 3.44. The normalized spacial score (nSPS) is 10.7. The standard InChI is InChI=1S/C19H19N3O3/c1-3-17(14-8-10-16(24-2)11-9-14)21-22-19(23)13-25-18-7-5-4-6-15(18)12-20/h4-11H,3,13H2,1-2H3,(H,22,23)/b21-17-. The molecule has 2 aromatic rings. The Morgan fingerprint density at radius 3 is 2.56 bits per heavy atom. The van der Waals surface area contributed by atoms with Gasteiger partial charge in [-0.05, 0) is 48.4 Å². The molecule has 25 heavy (non-hydrogen) atoms. The first-order valence-electron chi connectivity index (χ1n) is 7.79. The highest BCUT2D eigenvalue weighted by molar-refractivity contribution is 6.01. The molecule has 128 valence electrons. The molecule has 0 aromatic heterocycles. The van der Waals surface area contributed by atoms with E-state index in [1.165, 1.54) is 0 Å². The zero-order valence-electron chi connectivity index (χ0n) is 14.2. The van der Waals surface area contributed by atoms with E-state index in [1.54, 1.807) is 31.4 Å². The average Bonchev–Trinajstić information content (AvgIpc) is 2.67. The van der Waals surface area contributed by atoms with E-state index in [2.05, 4.69) is 10.5 Å². The smallest absolute Gasteiger partial charge is 0.277 e. The zero-order chi connectivity index (χ0) is 18.1. The maximum Gasteiger partial charge on any atom is 0.277 e. The van der Waals surface area contributed by atoms with Crippen LogP contribution in [0.4, 0.5) is 0 Å². The molecule has 0 aliphatic heterocycles. The second kappa shape index (κ2) is 9.08. The van der Waals surface area contributed by atoms with Gasteiger partial charge in [0, 0.05) is 0 Å². The summed E-state index contributed by atoms with van der Waals surface area (Å²) in [5.74, 6) is 0.731. The molecule has 0 aliphatic carbocycles. The molecule has 2 aromatic carbocycles. The van der Waals surface area contributed by atoms with Gasteiger partial charge < -0.3 is 9.47 Å². The number of hydrogen-bond donors (Lipinski definition) is 1. The number of nitrogens with one attached hydrogen (secondary N) is 1. The van der Waals surface area contributed by atoms with Crippen LogP contribution in [0.5, 0.6) is 11.5 Å². The van der Waals surface area contributed by atoms with Crippen LogP contribution in [0.25, 0.3) is 0 Å². The monoisotopic (exact) mass is 337 g/mol. The van der Waals surface area contributed by atoms with Gasteiger partial charge in [-0.3, -0.25) is 4.79 Å². The molecular formula is C19H19N3O3. The minimum atomic E-state index is -0.396. The van der Waals surface area contributed by atoms with Crippen LogP contribution in [0, 0.1) is 11.3 Å². The van der Waals surface area contributed by atoms with Crippen molar-refractivity contribution in [2.24, 2.45) is 5.10 Å². The highest BCUT2D eigenvalue weighted by atomic mass is 16.5. The van der Waals surface area contributed by atoms with Gasteiger partial charge in [0.25, 0.3) is 5.91 Å². The fraction of sp³-hybridized carbons (Fsp3) is 0.211. The number of hydrazone groups is 1. The molecule has 0 saturated carbocycles. The molecule has 1 amide bonds. The van der Waals surface area contributed by atoms with Gasteiger partial charge >= 0.3 is 0 Å². The van der Waals surface area contributed by atoms with E-state index in [1.807, 2.05) is 37.3 Å². The fourth-order valence-corrected chi connectivity index (χ4v) is 2.12. The van der Waals surface area contributed by atoms with E-state index < -0.39 is 5.91 Å². The molecule has 0 aliphatic rings. The van der Waals surface area contributed by atoms with Gasteiger partial charge in [-0.25, -0.2) is 5.43 Å². The molecule has 6 nitrogen and oxygen atoms in total. The zero-order valence-corrected chi connectivity index (χ0v) is 14.2. The Balaban J connectivity index is 1.96. The minimum absolute atomic E-state index is 0.220. The van der Waals surface area contributed by atoms with Gasteiger partial charge in [0.05, 0.1) is 18.4 Å². The summed E-state index contributed by atoms with van der Waals surface area (Å²) >= 11 is 0. The Bertz CT molecular complexity index is 792. The summed E-state index contributed by atoms with van der Waals surface area (Å²) in [7, 11) is 1.61. The number of nitriles is 1. The number of nitrogens with zero attached hydrogens (tertiary/aromatic N) is 2. The van der Waals surface area contributed by atoms with Gasteiger partial charge in [0.2, 0.25) is 0 Å². The van der Waals surface area contributed by atoms with E-state index in [9.17, 15) is 4.79 Å². The maximum atomic E-state index is 11.9. The number of ether oxygens (including phenoxy) is 2. The predicted octanol–water partition coefficient (Wildman–Crippen LogP) is 2.88. The van der Waals surface area contributed by atoms with Crippen LogP contribution in [0.15, 0.2) is 53.6 Å². The van der Waals surface area contributed by atoms with E-state index in [-0.39, 0.29) is 6.61 Å². The minimum Gasteiger partial charge on any atom is -0.497 e. The molecule has 0 unspecified atom stereocenters. The van der Waals surface area contributed by atoms with Crippen molar-refractivity contribution in [1.29, 1.82) is 5.26 Å². The van der Waals surface area contributed by atoms with E-state index in [0.717, 1.165) is 17.0 Å². The number of carbonyl (C=O) groups is 1. The molecule has 2 rings (SSSR count). The lowest BCUT2D eigenvalue weighted by Gasteiger charge is -2.08. The van der Waals surface area contributed by atoms with Crippen LogP contribution in [0.1, 0.15) is 24.5 Å². The Morgan fingerprint density at radius 2 is 1.92 bits per heavy atom. The highest BCUT2D eigenvalue weighted by Gasteiger charge is 2.07. The van der Waals surface area contributed by atoms with Crippen LogP contribution >= 0.6 is 0 Å².